The summed E-state index contributed by atoms with van der Waals surface area (Å²) in [6.07, 6.45) is 2.19. The van der Waals surface area contributed by atoms with E-state index in [0.717, 1.165) is 76.4 Å². The van der Waals surface area contributed by atoms with Gasteiger partial charge in [-0.2, -0.15) is 0 Å². The molecule has 1 aromatic heterocycles. The molecule has 0 bridgehead atoms. The molecule has 0 radical (unpaired) electrons. The van der Waals surface area contributed by atoms with Crippen molar-refractivity contribution in [2.45, 2.75) is 46.4 Å². The second-order valence-electron chi connectivity index (χ2n) is 8.69. The van der Waals surface area contributed by atoms with Crippen LogP contribution in [0.25, 0.3) is 0 Å². The van der Waals surface area contributed by atoms with Crippen LogP contribution in [0.4, 0.5) is 5.82 Å². The standard InChI is InChI=1S/C23H40N6O2/c1-5-24-23(27-16-21(18(2)3)28-8-11-30-12-9-28)26-15-20-6-7-22(25-14-20)29-10-13-31-19(4)17-29/h6-7,14,18-19,21H,5,8-13,15-17H2,1-4H3,(H2,24,26,27). The number of hydrogen-bond acceptors (Lipinski definition) is 6. The third-order valence-electron chi connectivity index (χ3n) is 5.90. The highest BCUT2D eigenvalue weighted by atomic mass is 16.5. The SMILES string of the molecule is CCNC(=NCc1ccc(N2CCOC(C)C2)nc1)NCC(C(C)C)N1CCOCC1. The first-order valence-electron chi connectivity index (χ1n) is 11.7. The van der Waals surface area contributed by atoms with Crippen molar-refractivity contribution in [3.8, 4) is 0 Å². The van der Waals surface area contributed by atoms with E-state index in [0.29, 0.717) is 18.5 Å². The minimum absolute atomic E-state index is 0.251. The molecule has 0 amide bonds. The van der Waals surface area contributed by atoms with E-state index < -0.39 is 0 Å². The maximum Gasteiger partial charge on any atom is 0.191 e. The highest BCUT2D eigenvalue weighted by molar-refractivity contribution is 5.79. The predicted octanol–water partition coefficient (Wildman–Crippen LogP) is 1.72. The highest BCUT2D eigenvalue weighted by Gasteiger charge is 2.24. The van der Waals surface area contributed by atoms with Gasteiger partial charge in [0, 0.05) is 51.5 Å². The smallest absolute Gasteiger partial charge is 0.191 e. The molecule has 2 atom stereocenters. The first-order chi connectivity index (χ1) is 15.1. The molecule has 3 rings (SSSR count). The molecule has 0 saturated carbocycles. The molecule has 31 heavy (non-hydrogen) atoms. The van der Waals surface area contributed by atoms with E-state index in [1.165, 1.54) is 0 Å². The van der Waals surface area contributed by atoms with Crippen LogP contribution in [0, 0.1) is 5.92 Å². The summed E-state index contributed by atoms with van der Waals surface area (Å²) in [5.74, 6) is 2.43. The second kappa shape index (κ2) is 12.2. The van der Waals surface area contributed by atoms with Crippen molar-refractivity contribution in [3.05, 3.63) is 23.9 Å². The first-order valence-corrected chi connectivity index (χ1v) is 11.7. The number of aromatic nitrogens is 1. The van der Waals surface area contributed by atoms with Crippen LogP contribution in [0.3, 0.4) is 0 Å². The lowest BCUT2D eigenvalue weighted by Gasteiger charge is -2.37. The molecule has 2 saturated heterocycles. The largest absolute Gasteiger partial charge is 0.379 e. The van der Waals surface area contributed by atoms with E-state index in [1.54, 1.807) is 0 Å². The van der Waals surface area contributed by atoms with Crippen LogP contribution in [0.15, 0.2) is 23.3 Å². The zero-order valence-corrected chi connectivity index (χ0v) is 19.6. The number of ether oxygens (including phenoxy) is 2. The average Bonchev–Trinajstić information content (AvgIpc) is 2.78. The Hall–Kier alpha value is -1.90. The van der Waals surface area contributed by atoms with Crippen molar-refractivity contribution in [2.24, 2.45) is 10.9 Å². The molecule has 2 unspecified atom stereocenters. The van der Waals surface area contributed by atoms with Gasteiger partial charge in [0.2, 0.25) is 0 Å². The van der Waals surface area contributed by atoms with Gasteiger partial charge in [-0.15, -0.1) is 0 Å². The topological polar surface area (TPSA) is 74.2 Å². The van der Waals surface area contributed by atoms with Crippen LogP contribution in [0.2, 0.25) is 0 Å². The van der Waals surface area contributed by atoms with E-state index in [1.807, 2.05) is 6.20 Å². The number of rotatable bonds is 8. The number of hydrogen-bond donors (Lipinski definition) is 2. The third kappa shape index (κ3) is 7.33. The lowest BCUT2D eigenvalue weighted by Crippen LogP contribution is -2.52. The summed E-state index contributed by atoms with van der Waals surface area (Å²) in [5, 5.41) is 6.92. The Balaban J connectivity index is 1.55. The Labute approximate surface area is 187 Å². The van der Waals surface area contributed by atoms with Crippen LogP contribution >= 0.6 is 0 Å². The van der Waals surface area contributed by atoms with Crippen molar-refractivity contribution in [2.75, 3.05) is 64.0 Å². The molecule has 0 aromatic carbocycles. The van der Waals surface area contributed by atoms with E-state index >= 15 is 0 Å². The summed E-state index contributed by atoms with van der Waals surface area (Å²) in [5.41, 5.74) is 1.11. The van der Waals surface area contributed by atoms with Gasteiger partial charge in [0.05, 0.1) is 32.5 Å². The molecular weight excluding hydrogens is 392 g/mol. The van der Waals surface area contributed by atoms with E-state index in [4.69, 9.17) is 14.5 Å². The molecule has 2 aliphatic heterocycles. The molecule has 0 spiro atoms. The minimum atomic E-state index is 0.251. The fraction of sp³-hybridized carbons (Fsp3) is 0.739. The Bertz CT molecular complexity index is 675. The number of guanidine groups is 1. The fourth-order valence-electron chi connectivity index (χ4n) is 4.13. The van der Waals surface area contributed by atoms with Crippen molar-refractivity contribution in [3.63, 3.8) is 0 Å². The molecule has 1 aromatic rings. The van der Waals surface area contributed by atoms with Crippen molar-refractivity contribution in [1.29, 1.82) is 0 Å². The van der Waals surface area contributed by atoms with Crippen molar-refractivity contribution >= 4 is 11.8 Å². The van der Waals surface area contributed by atoms with Crippen molar-refractivity contribution < 1.29 is 9.47 Å². The molecular formula is C23H40N6O2. The number of morpholine rings is 2. The molecule has 8 nitrogen and oxygen atoms in total. The number of nitrogens with zero attached hydrogens (tertiary/aromatic N) is 4. The summed E-state index contributed by atoms with van der Waals surface area (Å²) in [6.45, 7) is 17.3. The maximum atomic E-state index is 5.62. The molecule has 8 heteroatoms. The summed E-state index contributed by atoms with van der Waals surface area (Å²) >= 11 is 0. The molecule has 174 valence electrons. The van der Waals surface area contributed by atoms with E-state index in [2.05, 4.69) is 65.2 Å². The van der Waals surface area contributed by atoms with Gasteiger partial charge in [0.15, 0.2) is 5.96 Å². The van der Waals surface area contributed by atoms with Crippen molar-refractivity contribution in [1.82, 2.24) is 20.5 Å². The van der Waals surface area contributed by atoms with Crippen LogP contribution in [0.1, 0.15) is 33.3 Å². The maximum absolute atomic E-state index is 5.62. The van der Waals surface area contributed by atoms with E-state index in [9.17, 15) is 0 Å². The van der Waals surface area contributed by atoms with Crippen LogP contribution in [-0.2, 0) is 16.0 Å². The van der Waals surface area contributed by atoms with Gasteiger partial charge >= 0.3 is 0 Å². The van der Waals surface area contributed by atoms with Gasteiger partial charge in [-0.1, -0.05) is 19.9 Å². The highest BCUT2D eigenvalue weighted by Crippen LogP contribution is 2.16. The normalized spacial score (nSPS) is 21.9. The predicted molar refractivity (Wildman–Crippen MR) is 126 cm³/mol. The van der Waals surface area contributed by atoms with Gasteiger partial charge < -0.3 is 25.0 Å². The summed E-state index contributed by atoms with van der Waals surface area (Å²) < 4.78 is 11.1. The number of aliphatic imine (C=N–C) groups is 1. The van der Waals surface area contributed by atoms with Gasteiger partial charge in [0.25, 0.3) is 0 Å². The fourth-order valence-corrected chi connectivity index (χ4v) is 4.13. The third-order valence-corrected chi connectivity index (χ3v) is 5.90. The molecule has 2 aliphatic rings. The average molecular weight is 433 g/mol. The van der Waals surface area contributed by atoms with Gasteiger partial charge in [-0.3, -0.25) is 4.90 Å². The van der Waals surface area contributed by atoms with E-state index in [-0.39, 0.29) is 6.10 Å². The zero-order valence-electron chi connectivity index (χ0n) is 19.6. The van der Waals surface area contributed by atoms with Crippen LogP contribution < -0.4 is 15.5 Å². The van der Waals surface area contributed by atoms with Crippen LogP contribution in [0.5, 0.6) is 0 Å². The molecule has 0 aliphatic carbocycles. The Kier molecular flexibility index (Phi) is 9.36. The van der Waals surface area contributed by atoms with Gasteiger partial charge in [-0.05, 0) is 31.4 Å². The number of anilines is 1. The molecule has 3 heterocycles. The molecule has 2 fully saturated rings. The summed E-state index contributed by atoms with van der Waals surface area (Å²) in [4.78, 5) is 14.3. The van der Waals surface area contributed by atoms with Gasteiger partial charge in [0.1, 0.15) is 5.82 Å². The quantitative estimate of drug-likeness (QED) is 0.479. The minimum Gasteiger partial charge on any atom is -0.379 e. The van der Waals surface area contributed by atoms with Crippen LogP contribution in [-0.4, -0.2) is 87.1 Å². The Morgan fingerprint density at radius 2 is 2.00 bits per heavy atom. The summed E-state index contributed by atoms with van der Waals surface area (Å²) in [7, 11) is 0. The Morgan fingerprint density at radius 1 is 1.19 bits per heavy atom. The molecule has 2 N–H and O–H groups in total. The number of pyridine rings is 1. The Morgan fingerprint density at radius 3 is 2.65 bits per heavy atom. The summed E-state index contributed by atoms with van der Waals surface area (Å²) in [6, 6.07) is 4.68. The second-order valence-corrected chi connectivity index (χ2v) is 8.69. The van der Waals surface area contributed by atoms with Gasteiger partial charge in [-0.25, -0.2) is 9.98 Å². The lowest BCUT2D eigenvalue weighted by atomic mass is 10.0. The monoisotopic (exact) mass is 432 g/mol. The lowest BCUT2D eigenvalue weighted by molar-refractivity contribution is 0.00752. The zero-order chi connectivity index (χ0) is 22.1. The first kappa shape index (κ1) is 23.8. The number of nitrogens with one attached hydrogen (secondary N) is 2.